The number of rotatable bonds is 1. The summed E-state index contributed by atoms with van der Waals surface area (Å²) in [6, 6.07) is 0. The van der Waals surface area contributed by atoms with Gasteiger partial charge in [0.1, 0.15) is 0 Å². The molecule has 34 valence electrons. The van der Waals surface area contributed by atoms with Gasteiger partial charge in [-0.3, -0.25) is 0 Å². The van der Waals surface area contributed by atoms with E-state index in [9.17, 15) is 0 Å². The molecular formula is C6H10. The van der Waals surface area contributed by atoms with Gasteiger partial charge in [-0.1, -0.05) is 18.6 Å². The van der Waals surface area contributed by atoms with Crippen molar-refractivity contribution < 1.29 is 0 Å². The molecule has 0 N–H and O–H groups in total. The lowest BCUT2D eigenvalue weighted by molar-refractivity contribution is 1.35. The van der Waals surface area contributed by atoms with E-state index < -0.39 is 0 Å². The third-order valence-corrected chi connectivity index (χ3v) is 0.777. The average Bonchev–Trinajstić information content (AvgIpc) is 1.65. The van der Waals surface area contributed by atoms with Gasteiger partial charge in [0, 0.05) is 0 Å². The fourth-order valence-corrected chi connectivity index (χ4v) is 0.118. The van der Waals surface area contributed by atoms with Crippen LogP contribution in [-0.2, 0) is 0 Å². The summed E-state index contributed by atoms with van der Waals surface area (Å²) < 4.78 is 0. The zero-order valence-corrected chi connectivity index (χ0v) is 4.36. The highest BCUT2D eigenvalue weighted by Gasteiger charge is 1.73. The minimum Gasteiger partial charge on any atom is -0.0850 e. The molecule has 0 atom stereocenters. The highest BCUT2D eigenvalue weighted by atomic mass is 13.8. The van der Waals surface area contributed by atoms with E-state index in [4.69, 9.17) is 0 Å². The molecule has 0 rings (SSSR count). The molecule has 0 spiro atoms. The van der Waals surface area contributed by atoms with Gasteiger partial charge < -0.3 is 0 Å². The van der Waals surface area contributed by atoms with Crippen molar-refractivity contribution in [2.45, 2.75) is 13.8 Å². The summed E-state index contributed by atoms with van der Waals surface area (Å²) in [6.45, 7) is 7.58. The molecule has 0 fully saturated rings. The summed E-state index contributed by atoms with van der Waals surface area (Å²) in [6.07, 6.45) is 3.85. The second-order valence-electron chi connectivity index (χ2n) is 1.24. The molecular weight excluding hydrogens is 72.1 g/mol. The van der Waals surface area contributed by atoms with Crippen LogP contribution >= 0.6 is 0 Å². The van der Waals surface area contributed by atoms with Crippen molar-refractivity contribution in [2.24, 2.45) is 0 Å². The molecule has 0 aliphatic heterocycles. The first-order chi connectivity index (χ1) is 2.81. The molecule has 0 aromatic carbocycles. The molecule has 0 aliphatic rings. The number of hydrogen-bond acceptors (Lipinski definition) is 0. The van der Waals surface area contributed by atoms with E-state index in [2.05, 4.69) is 6.92 Å². The molecule has 0 unspecified atom stereocenters. The van der Waals surface area contributed by atoms with E-state index in [1.54, 1.807) is 0 Å². The Morgan fingerprint density at radius 1 is 1.67 bits per heavy atom. The molecule has 0 aromatic heterocycles. The van der Waals surface area contributed by atoms with E-state index in [0.717, 1.165) is 0 Å². The van der Waals surface area contributed by atoms with Crippen LogP contribution in [0.5, 0.6) is 0 Å². The fraction of sp³-hybridized carbons (Fsp3) is 0.333. The van der Waals surface area contributed by atoms with Crippen molar-refractivity contribution in [2.75, 3.05) is 0 Å². The zero-order valence-electron chi connectivity index (χ0n) is 4.36. The fourth-order valence-electron chi connectivity index (χ4n) is 0.118. The first kappa shape index (κ1) is 5.74. The minimum absolute atomic E-state index is 1.23. The standard InChI is InChI=1S/C6H10/c1-4-6(3)5-2/h4-5H,1H2,2-3H3. The van der Waals surface area contributed by atoms with Gasteiger partial charge in [0.25, 0.3) is 0 Å². The smallest absolute Gasteiger partial charge is 0.0172 e. The van der Waals surface area contributed by atoms with E-state index >= 15 is 0 Å². The molecule has 6 heavy (non-hydrogen) atoms. The molecule has 0 aliphatic carbocycles. The van der Waals surface area contributed by atoms with Gasteiger partial charge in [0.15, 0.2) is 0 Å². The Hall–Kier alpha value is -0.260. The third-order valence-electron chi connectivity index (χ3n) is 0.777. The van der Waals surface area contributed by atoms with Crippen molar-refractivity contribution in [3.05, 3.63) is 25.0 Å². The number of allylic oxidation sites excluding steroid dienone is 2. The van der Waals surface area contributed by atoms with Gasteiger partial charge in [-0.15, -0.1) is 0 Å². The Balaban J connectivity index is 3.22. The summed E-state index contributed by atoms with van der Waals surface area (Å²) in [5.74, 6) is 0. The molecule has 0 heterocycles. The van der Waals surface area contributed by atoms with Gasteiger partial charge in [0.05, 0.1) is 0 Å². The van der Waals surface area contributed by atoms with Crippen LogP contribution in [0.4, 0.5) is 0 Å². The number of hydrogen-bond donors (Lipinski definition) is 0. The summed E-state index contributed by atoms with van der Waals surface area (Å²) in [5, 5.41) is 0. The van der Waals surface area contributed by atoms with Crippen LogP contribution in [0.1, 0.15) is 13.8 Å². The molecule has 0 aromatic rings. The molecule has 2 radical (unpaired) electrons. The van der Waals surface area contributed by atoms with Crippen molar-refractivity contribution >= 4 is 0 Å². The SMILES string of the molecule is [CH2]C=C(C)[CH]C. The lowest BCUT2D eigenvalue weighted by Gasteiger charge is -1.84. The Morgan fingerprint density at radius 2 is 2.17 bits per heavy atom. The Kier molecular flexibility index (Phi) is 2.82. The van der Waals surface area contributed by atoms with Crippen LogP contribution in [0.15, 0.2) is 11.6 Å². The van der Waals surface area contributed by atoms with E-state index in [-0.39, 0.29) is 0 Å². The first-order valence-corrected chi connectivity index (χ1v) is 2.06. The maximum absolute atomic E-state index is 3.56. The molecule has 0 heteroatoms. The van der Waals surface area contributed by atoms with Crippen LogP contribution in [0, 0.1) is 13.3 Å². The second-order valence-corrected chi connectivity index (χ2v) is 1.24. The van der Waals surface area contributed by atoms with E-state index in [1.807, 2.05) is 26.3 Å². The van der Waals surface area contributed by atoms with Crippen molar-refractivity contribution in [3.8, 4) is 0 Å². The minimum atomic E-state index is 1.23. The van der Waals surface area contributed by atoms with Crippen LogP contribution in [0.3, 0.4) is 0 Å². The monoisotopic (exact) mass is 82.1 g/mol. The average molecular weight is 82.1 g/mol. The van der Waals surface area contributed by atoms with E-state index in [0.29, 0.717) is 0 Å². The Bertz CT molecular complexity index is 51.1. The molecule has 0 bridgehead atoms. The highest BCUT2D eigenvalue weighted by molar-refractivity contribution is 5.08. The molecule has 0 nitrogen and oxygen atoms in total. The van der Waals surface area contributed by atoms with E-state index in [1.165, 1.54) is 5.57 Å². The Morgan fingerprint density at radius 3 is 2.17 bits per heavy atom. The van der Waals surface area contributed by atoms with Crippen molar-refractivity contribution in [3.63, 3.8) is 0 Å². The van der Waals surface area contributed by atoms with Crippen LogP contribution in [-0.4, -0.2) is 0 Å². The van der Waals surface area contributed by atoms with Crippen LogP contribution in [0.2, 0.25) is 0 Å². The second kappa shape index (κ2) is 2.95. The van der Waals surface area contributed by atoms with Crippen molar-refractivity contribution in [1.29, 1.82) is 0 Å². The van der Waals surface area contributed by atoms with Gasteiger partial charge >= 0.3 is 0 Å². The molecule has 0 saturated heterocycles. The van der Waals surface area contributed by atoms with Crippen molar-refractivity contribution in [1.82, 2.24) is 0 Å². The zero-order chi connectivity index (χ0) is 4.99. The maximum atomic E-state index is 3.56. The lowest BCUT2D eigenvalue weighted by Crippen LogP contribution is -1.65. The van der Waals surface area contributed by atoms with Gasteiger partial charge in [-0.25, -0.2) is 0 Å². The topological polar surface area (TPSA) is 0 Å². The summed E-state index contributed by atoms with van der Waals surface area (Å²) in [7, 11) is 0. The Labute approximate surface area is 39.9 Å². The largest absolute Gasteiger partial charge is 0.0850 e. The third kappa shape index (κ3) is 2.01. The summed E-state index contributed by atoms with van der Waals surface area (Å²) >= 11 is 0. The summed E-state index contributed by atoms with van der Waals surface area (Å²) in [5.41, 5.74) is 1.23. The lowest BCUT2D eigenvalue weighted by atomic mass is 10.2. The maximum Gasteiger partial charge on any atom is -0.0172 e. The highest BCUT2D eigenvalue weighted by Crippen LogP contribution is 1.92. The van der Waals surface area contributed by atoms with Gasteiger partial charge in [0.2, 0.25) is 0 Å². The van der Waals surface area contributed by atoms with Crippen LogP contribution < -0.4 is 0 Å². The normalized spacial score (nSPS) is 12.2. The molecule has 0 saturated carbocycles. The summed E-state index contributed by atoms with van der Waals surface area (Å²) in [4.78, 5) is 0. The predicted octanol–water partition coefficient (Wildman–Crippen LogP) is 1.99. The van der Waals surface area contributed by atoms with Gasteiger partial charge in [-0.05, 0) is 20.3 Å². The van der Waals surface area contributed by atoms with Gasteiger partial charge in [-0.2, -0.15) is 0 Å². The molecule has 0 amide bonds. The quantitative estimate of drug-likeness (QED) is 0.454. The first-order valence-electron chi connectivity index (χ1n) is 2.06. The van der Waals surface area contributed by atoms with Crippen LogP contribution in [0.25, 0.3) is 0 Å². The predicted molar refractivity (Wildman–Crippen MR) is 29.1 cm³/mol.